The van der Waals surface area contributed by atoms with Crippen LogP contribution in [0.25, 0.3) is 0 Å². The van der Waals surface area contributed by atoms with E-state index >= 15 is 0 Å². The molecule has 0 bridgehead atoms. The average Bonchev–Trinajstić information content (AvgIpc) is 2.65. The van der Waals surface area contributed by atoms with Gasteiger partial charge in [0.15, 0.2) is 0 Å². The van der Waals surface area contributed by atoms with E-state index in [1.165, 1.54) is 12.8 Å². The Hall–Kier alpha value is -0.960. The van der Waals surface area contributed by atoms with Crippen molar-refractivity contribution in [2.45, 2.75) is 44.6 Å². The second-order valence-electron chi connectivity index (χ2n) is 3.95. The molecule has 76 valence electrons. The highest BCUT2D eigenvalue weighted by Gasteiger charge is 2.26. The summed E-state index contributed by atoms with van der Waals surface area (Å²) in [5.74, 6) is 1.39. The molecule has 3 heteroatoms. The first-order chi connectivity index (χ1) is 6.81. The Labute approximate surface area is 84.8 Å². The predicted octanol–water partition coefficient (Wildman–Crippen LogP) is 1.63. The molecule has 0 aliphatic heterocycles. The van der Waals surface area contributed by atoms with E-state index in [0.29, 0.717) is 12.0 Å². The van der Waals surface area contributed by atoms with Crippen molar-refractivity contribution in [2.75, 3.05) is 0 Å². The summed E-state index contributed by atoms with van der Waals surface area (Å²) >= 11 is 0. The predicted molar refractivity (Wildman–Crippen MR) is 56.0 cm³/mol. The first kappa shape index (κ1) is 9.59. The van der Waals surface area contributed by atoms with Crippen LogP contribution in [-0.4, -0.2) is 16.0 Å². The van der Waals surface area contributed by atoms with E-state index in [4.69, 9.17) is 5.73 Å². The van der Waals surface area contributed by atoms with E-state index in [1.807, 2.05) is 12.3 Å². The van der Waals surface area contributed by atoms with Gasteiger partial charge in [-0.1, -0.05) is 13.3 Å². The number of nitrogens with zero attached hydrogens (tertiary/aromatic N) is 2. The molecule has 1 saturated carbocycles. The molecule has 1 aromatic rings. The van der Waals surface area contributed by atoms with E-state index in [2.05, 4.69) is 16.9 Å². The van der Waals surface area contributed by atoms with Gasteiger partial charge in [0.2, 0.25) is 0 Å². The topological polar surface area (TPSA) is 51.8 Å². The molecule has 0 saturated heterocycles. The largest absolute Gasteiger partial charge is 0.327 e. The highest BCUT2D eigenvalue weighted by Crippen LogP contribution is 2.31. The highest BCUT2D eigenvalue weighted by molar-refractivity contribution is 5.13. The SMILES string of the molecule is CCc1nccc(C2CCCC2N)n1. The Morgan fingerprint density at radius 3 is 3.00 bits per heavy atom. The lowest BCUT2D eigenvalue weighted by molar-refractivity contribution is 0.593. The van der Waals surface area contributed by atoms with Crippen molar-refractivity contribution in [3.8, 4) is 0 Å². The molecular formula is C11H17N3. The van der Waals surface area contributed by atoms with Gasteiger partial charge in [-0.2, -0.15) is 0 Å². The maximum absolute atomic E-state index is 6.04. The van der Waals surface area contributed by atoms with Gasteiger partial charge in [-0.3, -0.25) is 0 Å². The number of aryl methyl sites for hydroxylation is 1. The molecule has 1 heterocycles. The summed E-state index contributed by atoms with van der Waals surface area (Å²) in [5.41, 5.74) is 7.18. The number of hydrogen-bond acceptors (Lipinski definition) is 3. The van der Waals surface area contributed by atoms with E-state index in [-0.39, 0.29) is 0 Å². The third-order valence-electron chi connectivity index (χ3n) is 2.99. The van der Waals surface area contributed by atoms with Gasteiger partial charge >= 0.3 is 0 Å². The Morgan fingerprint density at radius 2 is 2.36 bits per heavy atom. The minimum Gasteiger partial charge on any atom is -0.327 e. The zero-order valence-electron chi connectivity index (χ0n) is 8.61. The van der Waals surface area contributed by atoms with Crippen LogP contribution in [-0.2, 0) is 6.42 Å². The molecule has 1 aliphatic rings. The molecule has 14 heavy (non-hydrogen) atoms. The number of aromatic nitrogens is 2. The van der Waals surface area contributed by atoms with Gasteiger partial charge in [0.25, 0.3) is 0 Å². The Balaban J connectivity index is 2.22. The number of rotatable bonds is 2. The first-order valence-corrected chi connectivity index (χ1v) is 5.38. The Bertz CT molecular complexity index is 311. The van der Waals surface area contributed by atoms with Gasteiger partial charge in [0, 0.05) is 30.3 Å². The maximum Gasteiger partial charge on any atom is 0.128 e. The smallest absolute Gasteiger partial charge is 0.128 e. The summed E-state index contributed by atoms with van der Waals surface area (Å²) in [6, 6.07) is 2.31. The van der Waals surface area contributed by atoms with Crippen molar-refractivity contribution in [1.29, 1.82) is 0 Å². The van der Waals surface area contributed by atoms with Gasteiger partial charge in [-0.05, 0) is 18.9 Å². The summed E-state index contributed by atoms with van der Waals surface area (Å²) < 4.78 is 0. The number of hydrogen-bond donors (Lipinski definition) is 1. The summed E-state index contributed by atoms with van der Waals surface area (Å²) in [6.07, 6.45) is 6.30. The lowest BCUT2D eigenvalue weighted by atomic mass is 10.00. The minimum absolute atomic E-state index is 0.301. The van der Waals surface area contributed by atoms with Crippen LogP contribution in [0.4, 0.5) is 0 Å². The van der Waals surface area contributed by atoms with Crippen molar-refractivity contribution < 1.29 is 0 Å². The lowest BCUT2D eigenvalue weighted by Gasteiger charge is -2.14. The summed E-state index contributed by atoms with van der Waals surface area (Å²) in [7, 11) is 0. The fraction of sp³-hybridized carbons (Fsp3) is 0.636. The van der Waals surface area contributed by atoms with Crippen LogP contribution in [0.5, 0.6) is 0 Å². The third-order valence-corrected chi connectivity index (χ3v) is 2.99. The zero-order valence-corrected chi connectivity index (χ0v) is 8.61. The van der Waals surface area contributed by atoms with Gasteiger partial charge in [-0.15, -0.1) is 0 Å². The molecule has 2 rings (SSSR count). The van der Waals surface area contributed by atoms with Crippen LogP contribution >= 0.6 is 0 Å². The molecule has 3 nitrogen and oxygen atoms in total. The molecule has 0 spiro atoms. The van der Waals surface area contributed by atoms with Crippen LogP contribution in [0.2, 0.25) is 0 Å². The first-order valence-electron chi connectivity index (χ1n) is 5.38. The Morgan fingerprint density at radius 1 is 1.50 bits per heavy atom. The quantitative estimate of drug-likeness (QED) is 0.773. The molecule has 0 aromatic carbocycles. The number of nitrogens with two attached hydrogens (primary N) is 1. The average molecular weight is 191 g/mol. The van der Waals surface area contributed by atoms with E-state index < -0.39 is 0 Å². The van der Waals surface area contributed by atoms with Crippen LogP contribution < -0.4 is 5.73 Å². The van der Waals surface area contributed by atoms with E-state index in [9.17, 15) is 0 Å². The molecule has 0 radical (unpaired) electrons. The van der Waals surface area contributed by atoms with Crippen molar-refractivity contribution in [1.82, 2.24) is 9.97 Å². The van der Waals surface area contributed by atoms with Crippen molar-refractivity contribution >= 4 is 0 Å². The maximum atomic E-state index is 6.04. The van der Waals surface area contributed by atoms with Crippen LogP contribution in [0.3, 0.4) is 0 Å². The molecule has 2 atom stereocenters. The fourth-order valence-corrected chi connectivity index (χ4v) is 2.15. The van der Waals surface area contributed by atoms with Gasteiger partial charge < -0.3 is 5.73 Å². The molecule has 1 aliphatic carbocycles. The van der Waals surface area contributed by atoms with E-state index in [1.54, 1.807) is 0 Å². The highest BCUT2D eigenvalue weighted by atomic mass is 14.9. The van der Waals surface area contributed by atoms with Crippen molar-refractivity contribution in [2.24, 2.45) is 5.73 Å². The molecule has 1 aromatic heterocycles. The van der Waals surface area contributed by atoms with Crippen molar-refractivity contribution in [3.05, 3.63) is 23.8 Å². The standard InChI is InChI=1S/C11H17N3/c1-2-11-13-7-6-10(14-11)8-4-3-5-9(8)12/h6-9H,2-5,12H2,1H3. The monoisotopic (exact) mass is 191 g/mol. The zero-order chi connectivity index (χ0) is 9.97. The molecule has 0 amide bonds. The van der Waals surface area contributed by atoms with Crippen LogP contribution in [0, 0.1) is 0 Å². The molecule has 2 N–H and O–H groups in total. The summed E-state index contributed by atoms with van der Waals surface area (Å²) in [5, 5.41) is 0. The van der Waals surface area contributed by atoms with Gasteiger partial charge in [-0.25, -0.2) is 9.97 Å². The van der Waals surface area contributed by atoms with Gasteiger partial charge in [0.1, 0.15) is 5.82 Å². The summed E-state index contributed by atoms with van der Waals surface area (Å²) in [6.45, 7) is 2.08. The second kappa shape index (κ2) is 4.05. The normalized spacial score (nSPS) is 26.7. The molecular weight excluding hydrogens is 174 g/mol. The lowest BCUT2D eigenvalue weighted by Crippen LogP contribution is -2.23. The van der Waals surface area contributed by atoms with Gasteiger partial charge in [0.05, 0.1) is 0 Å². The second-order valence-corrected chi connectivity index (χ2v) is 3.95. The molecule has 1 fully saturated rings. The molecule has 2 unspecified atom stereocenters. The summed E-state index contributed by atoms with van der Waals surface area (Å²) in [4.78, 5) is 8.73. The fourth-order valence-electron chi connectivity index (χ4n) is 2.15. The Kier molecular flexibility index (Phi) is 2.77. The minimum atomic E-state index is 0.301. The van der Waals surface area contributed by atoms with Crippen LogP contribution in [0.15, 0.2) is 12.3 Å². The van der Waals surface area contributed by atoms with Crippen LogP contribution in [0.1, 0.15) is 43.6 Å². The third kappa shape index (κ3) is 1.77. The van der Waals surface area contributed by atoms with Crippen molar-refractivity contribution in [3.63, 3.8) is 0 Å². The van der Waals surface area contributed by atoms with E-state index in [0.717, 1.165) is 24.4 Å².